The van der Waals surface area contributed by atoms with Gasteiger partial charge in [-0.25, -0.2) is 0 Å². The predicted octanol–water partition coefficient (Wildman–Crippen LogP) is 8.66. The van der Waals surface area contributed by atoms with Gasteiger partial charge in [-0.15, -0.1) is 0 Å². The zero-order valence-electron chi connectivity index (χ0n) is 54.3. The van der Waals surface area contributed by atoms with Crippen LogP contribution >= 0.6 is 0 Å². The van der Waals surface area contributed by atoms with Gasteiger partial charge in [-0.05, 0) is 96.3 Å². The van der Waals surface area contributed by atoms with Crippen molar-refractivity contribution >= 4 is 5.91 Å². The van der Waals surface area contributed by atoms with Crippen molar-refractivity contribution in [2.45, 2.75) is 304 Å². The van der Waals surface area contributed by atoms with Crippen LogP contribution in [-0.2, 0) is 33.2 Å². The Labute approximate surface area is 538 Å². The number of rotatable bonds is 50. The Morgan fingerprint density at radius 3 is 1.24 bits per heavy atom. The number of amides is 1. The number of aliphatic hydroxyl groups excluding tert-OH is 11. The van der Waals surface area contributed by atoms with Crippen molar-refractivity contribution in [1.82, 2.24) is 5.32 Å². The van der Waals surface area contributed by atoms with Crippen LogP contribution in [0.3, 0.4) is 0 Å². The Morgan fingerprint density at radius 2 is 0.778 bits per heavy atom. The third kappa shape index (κ3) is 33.5. The van der Waals surface area contributed by atoms with E-state index in [4.69, 9.17) is 28.4 Å². The molecule has 90 heavy (non-hydrogen) atoms. The van der Waals surface area contributed by atoms with Gasteiger partial charge in [0.15, 0.2) is 18.9 Å². The molecule has 17 atom stereocenters. The van der Waals surface area contributed by atoms with E-state index >= 15 is 0 Å². The summed E-state index contributed by atoms with van der Waals surface area (Å²) in [6.07, 6.45) is 42.0. The number of ether oxygens (including phenoxy) is 6. The van der Waals surface area contributed by atoms with Gasteiger partial charge in [-0.2, -0.15) is 0 Å². The summed E-state index contributed by atoms with van der Waals surface area (Å²) in [6.45, 7) is 1.56. The number of allylic oxidation sites excluding steroid dienone is 17. The summed E-state index contributed by atoms with van der Waals surface area (Å²) >= 11 is 0. The van der Waals surface area contributed by atoms with Gasteiger partial charge in [0, 0.05) is 6.42 Å². The fourth-order valence-corrected chi connectivity index (χ4v) is 10.8. The summed E-state index contributed by atoms with van der Waals surface area (Å²) in [5, 5.41) is 120. The zero-order valence-corrected chi connectivity index (χ0v) is 54.3. The Balaban J connectivity index is 1.46. The molecule has 3 aliphatic heterocycles. The molecule has 0 aromatic heterocycles. The lowest BCUT2D eigenvalue weighted by Crippen LogP contribution is -2.66. The Kier molecular flexibility index (Phi) is 46.5. The average molecular weight is 1270 g/mol. The topological polar surface area (TPSA) is 307 Å². The third-order valence-electron chi connectivity index (χ3n) is 16.3. The van der Waals surface area contributed by atoms with Crippen molar-refractivity contribution in [1.29, 1.82) is 0 Å². The normalized spacial score (nSPS) is 28.7. The molecule has 3 aliphatic rings. The number of carbonyl (C=O) groups excluding carboxylic acids is 1. The average Bonchev–Trinajstić information content (AvgIpc) is 0.866. The van der Waals surface area contributed by atoms with Crippen molar-refractivity contribution in [2.75, 3.05) is 26.4 Å². The zero-order chi connectivity index (χ0) is 65.4. The molecule has 0 aromatic carbocycles. The van der Waals surface area contributed by atoms with Crippen LogP contribution in [0.4, 0.5) is 0 Å². The molecule has 0 aromatic rings. The van der Waals surface area contributed by atoms with Crippen molar-refractivity contribution in [3.63, 3.8) is 0 Å². The molecule has 0 radical (unpaired) electrons. The molecule has 19 nitrogen and oxygen atoms in total. The van der Waals surface area contributed by atoms with Gasteiger partial charge >= 0.3 is 0 Å². The minimum Gasteiger partial charge on any atom is -0.394 e. The molecule has 516 valence electrons. The van der Waals surface area contributed by atoms with E-state index in [-0.39, 0.29) is 18.9 Å². The largest absolute Gasteiger partial charge is 0.394 e. The monoisotopic (exact) mass is 1270 g/mol. The number of hydrogen-bond donors (Lipinski definition) is 12. The molecule has 3 rings (SSSR count). The fourth-order valence-electron chi connectivity index (χ4n) is 10.8. The van der Waals surface area contributed by atoms with Crippen LogP contribution in [0.2, 0.25) is 0 Å². The standard InChI is InChI=1S/C71H119NO18/c1-3-5-7-9-11-13-15-17-19-21-23-24-25-26-27-28-29-30-31-33-35-37-39-41-43-45-47-49-59(77)72-54(55(76)48-46-44-42-40-38-36-34-32-22-20-18-16-14-12-10-8-6-4-2)53-85-69-65(83)62(80)67(57(51-74)87-69)90-71-66(84)63(81)68(58(52-75)88-71)89-70-64(82)61(79)60(78)56(50-73)86-70/h5,7,11,13,17,19,22-24,26-27,29-30,32,38,40,46,48,54-58,60-71,73-76,78-84H,3-4,6,8-10,12,14-16,18,20-21,25,28,31,33-37,39,41-45,47,49-53H2,1-2H3,(H,72,77)/b7-5-,13-11-,19-17-,24-23-,27-26-,30-29-,32-22+,40-38+,48-46+. The van der Waals surface area contributed by atoms with Gasteiger partial charge < -0.3 is 89.9 Å². The highest BCUT2D eigenvalue weighted by molar-refractivity contribution is 5.76. The van der Waals surface area contributed by atoms with E-state index in [1.54, 1.807) is 6.08 Å². The number of unbranched alkanes of at least 4 members (excludes halogenated alkanes) is 18. The predicted molar refractivity (Wildman–Crippen MR) is 350 cm³/mol. The van der Waals surface area contributed by atoms with Crippen LogP contribution in [-0.4, -0.2) is 193 Å². The van der Waals surface area contributed by atoms with Gasteiger partial charge in [-0.3, -0.25) is 4.79 Å². The van der Waals surface area contributed by atoms with E-state index in [2.05, 4.69) is 116 Å². The van der Waals surface area contributed by atoms with Crippen LogP contribution in [0.1, 0.15) is 200 Å². The van der Waals surface area contributed by atoms with Gasteiger partial charge in [0.2, 0.25) is 5.91 Å². The molecule has 0 aliphatic carbocycles. The molecule has 1 amide bonds. The van der Waals surface area contributed by atoms with E-state index in [1.165, 1.54) is 57.8 Å². The molecule has 3 fully saturated rings. The minimum atomic E-state index is -1.99. The summed E-state index contributed by atoms with van der Waals surface area (Å²) in [5.74, 6) is -0.303. The van der Waals surface area contributed by atoms with Crippen molar-refractivity contribution in [3.05, 3.63) is 109 Å². The molecule has 3 saturated heterocycles. The smallest absolute Gasteiger partial charge is 0.220 e. The first-order valence-corrected chi connectivity index (χ1v) is 34.1. The summed E-state index contributed by atoms with van der Waals surface area (Å²) in [5.41, 5.74) is 0. The first kappa shape index (κ1) is 80.7. The Hall–Kier alpha value is -3.55. The number of hydrogen-bond acceptors (Lipinski definition) is 18. The van der Waals surface area contributed by atoms with Crippen molar-refractivity contribution in [3.8, 4) is 0 Å². The molecule has 0 bridgehead atoms. The van der Waals surface area contributed by atoms with E-state index in [0.29, 0.717) is 12.8 Å². The second-order valence-corrected chi connectivity index (χ2v) is 23.9. The van der Waals surface area contributed by atoms with Crippen LogP contribution in [0.5, 0.6) is 0 Å². The highest BCUT2D eigenvalue weighted by Crippen LogP contribution is 2.33. The number of carbonyl (C=O) groups is 1. The number of nitrogens with one attached hydrogen (secondary N) is 1. The minimum absolute atomic E-state index is 0.215. The van der Waals surface area contributed by atoms with Crippen LogP contribution in [0, 0.1) is 0 Å². The van der Waals surface area contributed by atoms with Crippen molar-refractivity contribution in [2.24, 2.45) is 0 Å². The SMILES string of the molecule is CC/C=C\C/C=C\C/C=C\C/C=C\C/C=C\C/C=C\CCCCCCCCCCC(=O)NC(COC1OC(CO)C(OC2OC(CO)C(OC3OC(CO)C(O)C(O)C3O)C(O)C2O)C(O)C1O)C(O)/C=C/CC/C=C/CC/C=C/CCCCCCCCCC. The van der Waals surface area contributed by atoms with E-state index in [9.17, 15) is 61.0 Å². The van der Waals surface area contributed by atoms with E-state index in [1.807, 2.05) is 6.08 Å². The maximum Gasteiger partial charge on any atom is 0.220 e. The fraction of sp³-hybridized carbons (Fsp3) is 0.732. The molecular weight excluding hydrogens is 1150 g/mol. The molecule has 3 heterocycles. The van der Waals surface area contributed by atoms with Gasteiger partial charge in [0.25, 0.3) is 0 Å². The maximum atomic E-state index is 13.4. The quantitative estimate of drug-likeness (QED) is 0.0200. The molecular formula is C71H119NO18. The lowest BCUT2D eigenvalue weighted by molar-refractivity contribution is -0.379. The third-order valence-corrected chi connectivity index (χ3v) is 16.3. The highest BCUT2D eigenvalue weighted by Gasteiger charge is 2.53. The second kappa shape index (κ2) is 51.8. The van der Waals surface area contributed by atoms with Crippen molar-refractivity contribution < 1.29 is 89.4 Å². The first-order chi connectivity index (χ1) is 43.8. The molecule has 12 N–H and O–H groups in total. The number of aliphatic hydroxyl groups is 11. The summed E-state index contributed by atoms with van der Waals surface area (Å²) in [6, 6.07) is -1.01. The Bertz CT molecular complexity index is 2060. The van der Waals surface area contributed by atoms with Crippen LogP contribution < -0.4 is 5.32 Å². The van der Waals surface area contributed by atoms with Gasteiger partial charge in [0.05, 0.1) is 38.6 Å². The van der Waals surface area contributed by atoms with Crippen LogP contribution in [0.25, 0.3) is 0 Å². The lowest BCUT2D eigenvalue weighted by atomic mass is 9.96. The second-order valence-electron chi connectivity index (χ2n) is 23.9. The lowest BCUT2D eigenvalue weighted by Gasteiger charge is -2.48. The molecule has 0 spiro atoms. The van der Waals surface area contributed by atoms with Gasteiger partial charge in [0.1, 0.15) is 73.2 Å². The molecule has 0 saturated carbocycles. The van der Waals surface area contributed by atoms with Gasteiger partial charge in [-0.1, -0.05) is 207 Å². The summed E-state index contributed by atoms with van der Waals surface area (Å²) in [7, 11) is 0. The first-order valence-electron chi connectivity index (χ1n) is 34.1. The van der Waals surface area contributed by atoms with E-state index in [0.717, 1.165) is 109 Å². The molecule has 19 heteroatoms. The maximum absolute atomic E-state index is 13.4. The summed E-state index contributed by atoms with van der Waals surface area (Å²) < 4.78 is 34.3. The molecule has 17 unspecified atom stereocenters. The highest BCUT2D eigenvalue weighted by atomic mass is 16.8. The van der Waals surface area contributed by atoms with Crippen LogP contribution in [0.15, 0.2) is 109 Å². The summed E-state index contributed by atoms with van der Waals surface area (Å²) in [4.78, 5) is 13.4. The van der Waals surface area contributed by atoms with E-state index < -0.39 is 124 Å². The Morgan fingerprint density at radius 1 is 0.411 bits per heavy atom.